The summed E-state index contributed by atoms with van der Waals surface area (Å²) < 4.78 is 4.93. The van der Waals surface area contributed by atoms with E-state index in [1.807, 2.05) is 0 Å². The van der Waals surface area contributed by atoms with Crippen molar-refractivity contribution in [2.45, 2.75) is 0 Å². The second-order valence-corrected chi connectivity index (χ2v) is 3.04. The number of hydrogen-bond donors (Lipinski definition) is 1. The van der Waals surface area contributed by atoms with Gasteiger partial charge in [0.15, 0.2) is 0 Å². The van der Waals surface area contributed by atoms with Gasteiger partial charge in [0, 0.05) is 11.8 Å². The number of nitrogens with zero attached hydrogens (tertiary/aromatic N) is 1. The lowest BCUT2D eigenvalue weighted by Crippen LogP contribution is -1.91. The maximum atomic E-state index is 5.72. The average molecular weight is 195 g/mol. The summed E-state index contributed by atoms with van der Waals surface area (Å²) in [5, 5.41) is 0.532. The average Bonchev–Trinajstić information content (AvgIpc) is 2.56. The van der Waals surface area contributed by atoms with Crippen molar-refractivity contribution in [1.82, 2.24) is 4.98 Å². The summed E-state index contributed by atoms with van der Waals surface area (Å²) in [7, 11) is 0. The highest BCUT2D eigenvalue weighted by atomic mass is 35.5. The Hall–Kier alpha value is -1.48. The molecule has 2 aromatic rings. The first-order chi connectivity index (χ1) is 6.27. The zero-order valence-electron chi connectivity index (χ0n) is 6.70. The Morgan fingerprint density at radius 3 is 2.92 bits per heavy atom. The molecule has 0 spiro atoms. The fraction of sp³-hybridized carbons (Fsp3) is 0. The summed E-state index contributed by atoms with van der Waals surface area (Å²) in [6.45, 7) is 0. The van der Waals surface area contributed by atoms with E-state index in [2.05, 4.69) is 4.98 Å². The second kappa shape index (κ2) is 3.11. The molecule has 0 fully saturated rings. The number of hydrogen-bond acceptors (Lipinski definition) is 3. The van der Waals surface area contributed by atoms with Crippen LogP contribution in [0.2, 0.25) is 5.02 Å². The predicted octanol–water partition coefficient (Wildman–Crippen LogP) is 2.58. The zero-order chi connectivity index (χ0) is 9.26. The molecular formula is C9H7ClN2O. The molecule has 0 aliphatic rings. The van der Waals surface area contributed by atoms with Gasteiger partial charge in [-0.15, -0.1) is 0 Å². The molecule has 2 N–H and O–H groups in total. The summed E-state index contributed by atoms with van der Waals surface area (Å²) in [5.41, 5.74) is 7.82. The third-order valence-corrected chi connectivity index (χ3v) is 1.89. The maximum absolute atomic E-state index is 5.72. The summed E-state index contributed by atoms with van der Waals surface area (Å²) in [6, 6.07) is 3.46. The molecule has 0 amide bonds. The molecule has 2 aromatic heterocycles. The second-order valence-electron chi connectivity index (χ2n) is 2.60. The molecule has 2 heterocycles. The standard InChI is InChI=1S/C9H7ClN2O/c10-7-3-8(11)9(12-4-7)6-1-2-13-5-6/h1-5H,11H2. The highest BCUT2D eigenvalue weighted by Crippen LogP contribution is 2.25. The number of rotatable bonds is 1. The van der Waals surface area contributed by atoms with Gasteiger partial charge >= 0.3 is 0 Å². The Bertz CT molecular complexity index is 412. The lowest BCUT2D eigenvalue weighted by Gasteiger charge is -2.00. The largest absolute Gasteiger partial charge is 0.472 e. The number of pyridine rings is 1. The van der Waals surface area contributed by atoms with Gasteiger partial charge in [-0.3, -0.25) is 4.98 Å². The van der Waals surface area contributed by atoms with E-state index in [9.17, 15) is 0 Å². The van der Waals surface area contributed by atoms with Gasteiger partial charge < -0.3 is 10.2 Å². The monoisotopic (exact) mass is 194 g/mol. The molecule has 0 atom stereocenters. The minimum Gasteiger partial charge on any atom is -0.472 e. The minimum atomic E-state index is 0.532. The molecule has 0 saturated heterocycles. The van der Waals surface area contributed by atoms with E-state index in [0.29, 0.717) is 16.4 Å². The highest BCUT2D eigenvalue weighted by Gasteiger charge is 2.05. The molecule has 3 nitrogen and oxygen atoms in total. The van der Waals surface area contributed by atoms with E-state index >= 15 is 0 Å². The van der Waals surface area contributed by atoms with Crippen molar-refractivity contribution in [3.8, 4) is 11.3 Å². The van der Waals surface area contributed by atoms with E-state index < -0.39 is 0 Å². The van der Waals surface area contributed by atoms with Gasteiger partial charge in [0.2, 0.25) is 0 Å². The number of aromatic nitrogens is 1. The van der Waals surface area contributed by atoms with E-state index in [4.69, 9.17) is 21.8 Å². The van der Waals surface area contributed by atoms with Gasteiger partial charge in [0.05, 0.1) is 28.9 Å². The van der Waals surface area contributed by atoms with Crippen molar-refractivity contribution in [2.24, 2.45) is 0 Å². The van der Waals surface area contributed by atoms with Gasteiger partial charge in [0.1, 0.15) is 0 Å². The molecular weight excluding hydrogens is 188 g/mol. The Morgan fingerprint density at radius 1 is 1.46 bits per heavy atom. The molecule has 66 valence electrons. The molecule has 0 radical (unpaired) electrons. The SMILES string of the molecule is Nc1cc(Cl)cnc1-c1ccoc1. The number of anilines is 1. The predicted molar refractivity (Wildman–Crippen MR) is 51.4 cm³/mol. The zero-order valence-corrected chi connectivity index (χ0v) is 7.45. The van der Waals surface area contributed by atoms with Crippen molar-refractivity contribution < 1.29 is 4.42 Å². The van der Waals surface area contributed by atoms with Crippen LogP contribution in [0.15, 0.2) is 35.3 Å². The summed E-state index contributed by atoms with van der Waals surface area (Å²) in [5.74, 6) is 0. The molecule has 0 aliphatic carbocycles. The van der Waals surface area contributed by atoms with Crippen LogP contribution >= 0.6 is 11.6 Å². The van der Waals surface area contributed by atoms with Crippen LogP contribution in [-0.4, -0.2) is 4.98 Å². The van der Waals surface area contributed by atoms with Crippen LogP contribution in [0.3, 0.4) is 0 Å². The normalized spacial score (nSPS) is 10.2. The van der Waals surface area contributed by atoms with Crippen LogP contribution in [0.4, 0.5) is 5.69 Å². The van der Waals surface area contributed by atoms with Gasteiger partial charge in [-0.25, -0.2) is 0 Å². The summed E-state index contributed by atoms with van der Waals surface area (Å²) in [6.07, 6.45) is 4.72. The third kappa shape index (κ3) is 1.51. The Morgan fingerprint density at radius 2 is 2.31 bits per heavy atom. The summed E-state index contributed by atoms with van der Waals surface area (Å²) in [4.78, 5) is 4.10. The molecule has 4 heteroatoms. The molecule has 0 bridgehead atoms. The fourth-order valence-corrected chi connectivity index (χ4v) is 1.26. The highest BCUT2D eigenvalue weighted by molar-refractivity contribution is 6.30. The first kappa shape index (κ1) is 8.13. The molecule has 2 rings (SSSR count). The van der Waals surface area contributed by atoms with Crippen LogP contribution in [-0.2, 0) is 0 Å². The Balaban J connectivity index is 2.53. The van der Waals surface area contributed by atoms with Crippen molar-refractivity contribution in [3.05, 3.63) is 35.9 Å². The quantitative estimate of drug-likeness (QED) is 0.759. The smallest absolute Gasteiger partial charge is 0.0997 e. The van der Waals surface area contributed by atoms with Crippen molar-refractivity contribution in [2.75, 3.05) is 5.73 Å². The molecule has 0 aliphatic heterocycles. The maximum Gasteiger partial charge on any atom is 0.0997 e. The van der Waals surface area contributed by atoms with Gasteiger partial charge in [0.25, 0.3) is 0 Å². The van der Waals surface area contributed by atoms with Crippen LogP contribution in [0.5, 0.6) is 0 Å². The van der Waals surface area contributed by atoms with Gasteiger partial charge in [-0.2, -0.15) is 0 Å². The van der Waals surface area contributed by atoms with Crippen LogP contribution in [0.25, 0.3) is 11.3 Å². The summed E-state index contributed by atoms with van der Waals surface area (Å²) >= 11 is 5.71. The van der Waals surface area contributed by atoms with Crippen molar-refractivity contribution >= 4 is 17.3 Å². The van der Waals surface area contributed by atoms with Crippen molar-refractivity contribution in [1.29, 1.82) is 0 Å². The number of nitrogens with two attached hydrogens (primary N) is 1. The van der Waals surface area contributed by atoms with Crippen LogP contribution < -0.4 is 5.73 Å². The first-order valence-electron chi connectivity index (χ1n) is 3.71. The van der Waals surface area contributed by atoms with E-state index in [0.717, 1.165) is 5.56 Å². The van der Waals surface area contributed by atoms with Gasteiger partial charge in [-0.05, 0) is 12.1 Å². The van der Waals surface area contributed by atoms with Crippen LogP contribution in [0, 0.1) is 0 Å². The van der Waals surface area contributed by atoms with Gasteiger partial charge in [-0.1, -0.05) is 11.6 Å². The number of furan rings is 1. The third-order valence-electron chi connectivity index (χ3n) is 1.68. The molecule has 0 unspecified atom stereocenters. The Labute approximate surface area is 80.1 Å². The van der Waals surface area contributed by atoms with E-state index in [1.54, 1.807) is 30.9 Å². The minimum absolute atomic E-state index is 0.532. The Kier molecular flexibility index (Phi) is 1.94. The molecule has 13 heavy (non-hydrogen) atoms. The topological polar surface area (TPSA) is 52.0 Å². The lowest BCUT2D eigenvalue weighted by atomic mass is 10.2. The lowest BCUT2D eigenvalue weighted by molar-refractivity contribution is 0.568. The molecule has 0 saturated carbocycles. The van der Waals surface area contributed by atoms with E-state index in [1.165, 1.54) is 0 Å². The van der Waals surface area contributed by atoms with E-state index in [-0.39, 0.29) is 0 Å². The molecule has 0 aromatic carbocycles. The fourth-order valence-electron chi connectivity index (χ4n) is 1.10. The van der Waals surface area contributed by atoms with Crippen LogP contribution in [0.1, 0.15) is 0 Å². The first-order valence-corrected chi connectivity index (χ1v) is 4.09. The number of halogens is 1. The number of nitrogen functional groups attached to an aromatic ring is 1. The van der Waals surface area contributed by atoms with Crippen molar-refractivity contribution in [3.63, 3.8) is 0 Å².